The fourth-order valence-electron chi connectivity index (χ4n) is 3.94. The maximum atomic E-state index is 12.4. The standard InChI is InChI=1S/C25H30N2O4/c1-18(28)31-23-12-6-10-21(16-23)25(30)26-17-20-9-5-11-22(15-20)27-24(29)14-13-19-7-3-2-4-8-19/h5-6,9-12,15-16,19H,2-4,7-8,13-14,17H2,1H3,(H,26,30)(H,27,29). The summed E-state index contributed by atoms with van der Waals surface area (Å²) in [5, 5.41) is 5.82. The van der Waals surface area contributed by atoms with E-state index in [0.29, 0.717) is 30.2 Å². The van der Waals surface area contributed by atoms with Crippen LogP contribution >= 0.6 is 0 Å². The smallest absolute Gasteiger partial charge is 0.308 e. The van der Waals surface area contributed by atoms with Gasteiger partial charge < -0.3 is 15.4 Å². The lowest BCUT2D eigenvalue weighted by atomic mass is 9.86. The molecule has 31 heavy (non-hydrogen) atoms. The molecule has 0 bridgehead atoms. The summed E-state index contributed by atoms with van der Waals surface area (Å²) in [5.41, 5.74) is 2.03. The van der Waals surface area contributed by atoms with Crippen LogP contribution in [0.1, 0.15) is 67.8 Å². The van der Waals surface area contributed by atoms with Crippen LogP contribution in [-0.2, 0) is 16.1 Å². The average molecular weight is 423 g/mol. The molecule has 2 aromatic carbocycles. The number of esters is 1. The summed E-state index contributed by atoms with van der Waals surface area (Å²) < 4.78 is 5.02. The predicted octanol–water partition coefficient (Wildman–Crippen LogP) is 4.84. The first kappa shape index (κ1) is 22.5. The Labute approximate surface area is 183 Å². The zero-order valence-electron chi connectivity index (χ0n) is 18.0. The number of rotatable bonds is 8. The fraction of sp³-hybridized carbons (Fsp3) is 0.400. The van der Waals surface area contributed by atoms with Gasteiger partial charge in [0.05, 0.1) is 0 Å². The summed E-state index contributed by atoms with van der Waals surface area (Å²) in [6.07, 6.45) is 7.88. The molecule has 0 saturated heterocycles. The van der Waals surface area contributed by atoms with Crippen LogP contribution in [0.15, 0.2) is 48.5 Å². The number of carbonyl (C=O) groups excluding carboxylic acids is 3. The summed E-state index contributed by atoms with van der Waals surface area (Å²) in [5.74, 6) is 0.346. The van der Waals surface area contributed by atoms with Crippen molar-refractivity contribution in [2.75, 3.05) is 5.32 Å². The van der Waals surface area contributed by atoms with Crippen LogP contribution < -0.4 is 15.4 Å². The van der Waals surface area contributed by atoms with Crippen LogP contribution in [0, 0.1) is 5.92 Å². The van der Waals surface area contributed by atoms with Gasteiger partial charge in [-0.25, -0.2) is 0 Å². The van der Waals surface area contributed by atoms with Crippen molar-refractivity contribution in [3.63, 3.8) is 0 Å². The summed E-state index contributed by atoms with van der Waals surface area (Å²) in [7, 11) is 0. The second-order valence-electron chi connectivity index (χ2n) is 8.10. The number of hydrogen-bond acceptors (Lipinski definition) is 4. The lowest BCUT2D eigenvalue weighted by Gasteiger charge is -2.21. The van der Waals surface area contributed by atoms with E-state index in [1.165, 1.54) is 45.1 Å². The Morgan fingerprint density at radius 1 is 1.00 bits per heavy atom. The minimum Gasteiger partial charge on any atom is -0.427 e. The summed E-state index contributed by atoms with van der Waals surface area (Å²) in [6, 6.07) is 14.0. The number of carbonyl (C=O) groups is 3. The Hall–Kier alpha value is -3.15. The fourth-order valence-corrected chi connectivity index (χ4v) is 3.94. The van der Waals surface area contributed by atoms with Crippen LogP contribution in [0.4, 0.5) is 5.69 Å². The van der Waals surface area contributed by atoms with E-state index in [1.54, 1.807) is 18.2 Å². The number of hydrogen-bond donors (Lipinski definition) is 2. The van der Waals surface area contributed by atoms with E-state index < -0.39 is 5.97 Å². The molecule has 0 spiro atoms. The molecule has 164 valence electrons. The maximum Gasteiger partial charge on any atom is 0.308 e. The molecule has 0 heterocycles. The van der Waals surface area contributed by atoms with Gasteiger partial charge in [0.2, 0.25) is 5.91 Å². The van der Waals surface area contributed by atoms with E-state index in [-0.39, 0.29) is 11.8 Å². The van der Waals surface area contributed by atoms with Crippen molar-refractivity contribution in [2.24, 2.45) is 5.92 Å². The van der Waals surface area contributed by atoms with Gasteiger partial charge in [0.25, 0.3) is 5.91 Å². The largest absolute Gasteiger partial charge is 0.427 e. The highest BCUT2D eigenvalue weighted by molar-refractivity contribution is 5.94. The predicted molar refractivity (Wildman–Crippen MR) is 120 cm³/mol. The molecule has 0 aromatic heterocycles. The average Bonchev–Trinajstić information content (AvgIpc) is 2.77. The zero-order valence-corrected chi connectivity index (χ0v) is 18.0. The molecule has 6 heteroatoms. The monoisotopic (exact) mass is 422 g/mol. The molecule has 0 atom stereocenters. The molecule has 2 N–H and O–H groups in total. The lowest BCUT2D eigenvalue weighted by molar-refractivity contribution is -0.131. The third-order valence-corrected chi connectivity index (χ3v) is 5.53. The highest BCUT2D eigenvalue weighted by Crippen LogP contribution is 2.27. The van der Waals surface area contributed by atoms with Crippen molar-refractivity contribution in [2.45, 2.75) is 58.4 Å². The number of ether oxygens (including phenoxy) is 1. The molecular weight excluding hydrogens is 392 g/mol. The molecule has 0 radical (unpaired) electrons. The van der Waals surface area contributed by atoms with Gasteiger partial charge >= 0.3 is 5.97 Å². The van der Waals surface area contributed by atoms with Crippen molar-refractivity contribution in [3.8, 4) is 5.75 Å². The first-order valence-corrected chi connectivity index (χ1v) is 10.9. The topological polar surface area (TPSA) is 84.5 Å². The van der Waals surface area contributed by atoms with Crippen LogP contribution in [-0.4, -0.2) is 17.8 Å². The Balaban J connectivity index is 1.49. The maximum absolute atomic E-state index is 12.4. The van der Waals surface area contributed by atoms with Crippen molar-refractivity contribution < 1.29 is 19.1 Å². The van der Waals surface area contributed by atoms with Gasteiger partial charge in [0.1, 0.15) is 5.75 Å². The van der Waals surface area contributed by atoms with Crippen LogP contribution in [0.25, 0.3) is 0 Å². The first-order valence-electron chi connectivity index (χ1n) is 10.9. The number of anilines is 1. The second kappa shape index (κ2) is 11.3. The van der Waals surface area contributed by atoms with Gasteiger partial charge in [-0.3, -0.25) is 14.4 Å². The van der Waals surface area contributed by atoms with Gasteiger partial charge in [-0.15, -0.1) is 0 Å². The third kappa shape index (κ3) is 7.55. The third-order valence-electron chi connectivity index (χ3n) is 5.53. The Morgan fingerprint density at radius 2 is 1.77 bits per heavy atom. The molecule has 2 aromatic rings. The van der Waals surface area contributed by atoms with E-state index in [1.807, 2.05) is 24.3 Å². The highest BCUT2D eigenvalue weighted by atomic mass is 16.5. The molecule has 0 aliphatic heterocycles. The molecule has 3 rings (SSSR count). The minimum absolute atomic E-state index is 0.0362. The van der Waals surface area contributed by atoms with Crippen molar-refractivity contribution in [1.29, 1.82) is 0 Å². The van der Waals surface area contributed by atoms with E-state index in [2.05, 4.69) is 10.6 Å². The van der Waals surface area contributed by atoms with Gasteiger partial charge in [-0.05, 0) is 48.2 Å². The number of amides is 2. The van der Waals surface area contributed by atoms with Gasteiger partial charge in [-0.2, -0.15) is 0 Å². The molecule has 6 nitrogen and oxygen atoms in total. The molecule has 2 amide bonds. The molecule has 1 saturated carbocycles. The van der Waals surface area contributed by atoms with E-state index >= 15 is 0 Å². The summed E-state index contributed by atoms with van der Waals surface area (Å²) in [4.78, 5) is 35.8. The summed E-state index contributed by atoms with van der Waals surface area (Å²) in [6.45, 7) is 1.64. The molecule has 1 aliphatic rings. The molecular formula is C25H30N2O4. The molecule has 1 aliphatic carbocycles. The molecule has 1 fully saturated rings. The first-order chi connectivity index (χ1) is 15.0. The second-order valence-corrected chi connectivity index (χ2v) is 8.10. The van der Waals surface area contributed by atoms with Crippen molar-refractivity contribution >= 4 is 23.5 Å². The minimum atomic E-state index is -0.435. The Kier molecular flexibility index (Phi) is 8.21. The van der Waals surface area contributed by atoms with Crippen LogP contribution in [0.3, 0.4) is 0 Å². The lowest BCUT2D eigenvalue weighted by Crippen LogP contribution is -2.23. The van der Waals surface area contributed by atoms with Crippen molar-refractivity contribution in [3.05, 3.63) is 59.7 Å². The van der Waals surface area contributed by atoms with E-state index in [0.717, 1.165) is 17.7 Å². The SMILES string of the molecule is CC(=O)Oc1cccc(C(=O)NCc2cccc(NC(=O)CCC3CCCCC3)c2)c1. The van der Waals surface area contributed by atoms with Crippen LogP contribution in [0.5, 0.6) is 5.75 Å². The highest BCUT2D eigenvalue weighted by Gasteiger charge is 2.15. The van der Waals surface area contributed by atoms with Crippen LogP contribution in [0.2, 0.25) is 0 Å². The quantitative estimate of drug-likeness (QED) is 0.471. The molecule has 0 unspecified atom stereocenters. The summed E-state index contributed by atoms with van der Waals surface area (Å²) >= 11 is 0. The Bertz CT molecular complexity index is 919. The normalized spacial score (nSPS) is 14.0. The van der Waals surface area contributed by atoms with E-state index in [9.17, 15) is 14.4 Å². The van der Waals surface area contributed by atoms with Gasteiger partial charge in [0, 0.05) is 31.1 Å². The number of benzene rings is 2. The Morgan fingerprint density at radius 3 is 2.55 bits per heavy atom. The van der Waals surface area contributed by atoms with E-state index in [4.69, 9.17) is 4.74 Å². The van der Waals surface area contributed by atoms with Gasteiger partial charge in [0.15, 0.2) is 0 Å². The number of nitrogens with one attached hydrogen (secondary N) is 2. The zero-order chi connectivity index (χ0) is 22.1. The van der Waals surface area contributed by atoms with Crippen molar-refractivity contribution in [1.82, 2.24) is 5.32 Å². The van der Waals surface area contributed by atoms with Gasteiger partial charge in [-0.1, -0.05) is 50.3 Å².